The molecule has 0 aromatic heterocycles. The van der Waals surface area contributed by atoms with Crippen LogP contribution in [-0.4, -0.2) is 49.0 Å². The predicted molar refractivity (Wildman–Crippen MR) is 104 cm³/mol. The zero-order valence-corrected chi connectivity index (χ0v) is 17.2. The van der Waals surface area contributed by atoms with Crippen LogP contribution < -0.4 is 5.32 Å². The average molecular weight is 435 g/mol. The lowest BCUT2D eigenvalue weighted by Gasteiger charge is -2.33. The molecule has 1 saturated carbocycles. The van der Waals surface area contributed by atoms with Crippen molar-refractivity contribution in [3.05, 3.63) is 28.2 Å². The van der Waals surface area contributed by atoms with Crippen molar-refractivity contribution in [1.29, 1.82) is 0 Å². The number of aliphatic hydroxyl groups excluding tert-OH is 1. The zero-order chi connectivity index (χ0) is 19.6. The fourth-order valence-electron chi connectivity index (χ4n) is 3.82. The second-order valence-corrected chi connectivity index (χ2v) is 10.1. The lowest BCUT2D eigenvalue weighted by Crippen LogP contribution is -2.48. The van der Waals surface area contributed by atoms with Gasteiger partial charge in [-0.3, -0.25) is 4.79 Å². The van der Waals surface area contributed by atoms with Gasteiger partial charge in [0.25, 0.3) is 0 Å². The maximum atomic E-state index is 12.9. The summed E-state index contributed by atoms with van der Waals surface area (Å²) in [5.74, 6) is -0.541. The normalized spacial score (nSPS) is 27.3. The van der Waals surface area contributed by atoms with Gasteiger partial charge in [0.05, 0.1) is 16.9 Å². The molecule has 150 valence electrons. The van der Waals surface area contributed by atoms with Crippen LogP contribution in [0.3, 0.4) is 0 Å². The first-order valence-electron chi connectivity index (χ1n) is 9.20. The molecule has 2 aliphatic rings. The summed E-state index contributed by atoms with van der Waals surface area (Å²) in [5, 5.41) is 13.3. The van der Waals surface area contributed by atoms with Gasteiger partial charge in [0.15, 0.2) is 0 Å². The van der Waals surface area contributed by atoms with E-state index in [1.807, 2.05) is 0 Å². The summed E-state index contributed by atoms with van der Waals surface area (Å²) in [5.41, 5.74) is 0. The number of carbonyl (C=O) groups is 1. The molecule has 1 aromatic rings. The number of piperidine rings is 1. The Balaban J connectivity index is 1.68. The zero-order valence-electron chi connectivity index (χ0n) is 14.9. The van der Waals surface area contributed by atoms with E-state index in [4.69, 9.17) is 23.2 Å². The molecule has 9 heteroatoms. The van der Waals surface area contributed by atoms with Crippen molar-refractivity contribution in [2.45, 2.75) is 55.6 Å². The second-order valence-electron chi connectivity index (χ2n) is 7.33. The first-order chi connectivity index (χ1) is 12.8. The number of carbonyl (C=O) groups excluding carboxylic acids is 1. The topological polar surface area (TPSA) is 86.7 Å². The van der Waals surface area contributed by atoms with Crippen LogP contribution in [0, 0.1) is 5.92 Å². The van der Waals surface area contributed by atoms with E-state index in [1.165, 1.54) is 22.5 Å². The van der Waals surface area contributed by atoms with Crippen molar-refractivity contribution in [1.82, 2.24) is 9.62 Å². The molecule has 6 nitrogen and oxygen atoms in total. The molecule has 0 radical (unpaired) electrons. The van der Waals surface area contributed by atoms with Gasteiger partial charge < -0.3 is 10.4 Å². The SMILES string of the molecule is O=C(NC1CCCC(O)C1)[C@H]1CCCN(S(=O)(=O)c2cc(Cl)cc(Cl)c2)C1. The highest BCUT2D eigenvalue weighted by molar-refractivity contribution is 7.89. The van der Waals surface area contributed by atoms with E-state index >= 15 is 0 Å². The van der Waals surface area contributed by atoms with Gasteiger partial charge in [0.1, 0.15) is 0 Å². The van der Waals surface area contributed by atoms with E-state index in [2.05, 4.69) is 5.32 Å². The van der Waals surface area contributed by atoms with Crippen LogP contribution in [0.2, 0.25) is 10.0 Å². The molecule has 1 heterocycles. The van der Waals surface area contributed by atoms with E-state index in [9.17, 15) is 18.3 Å². The third kappa shape index (κ3) is 5.15. The van der Waals surface area contributed by atoms with Crippen molar-refractivity contribution >= 4 is 39.1 Å². The van der Waals surface area contributed by atoms with Crippen LogP contribution in [-0.2, 0) is 14.8 Å². The third-order valence-corrected chi connectivity index (χ3v) is 7.50. The Morgan fingerprint density at radius 2 is 1.81 bits per heavy atom. The highest BCUT2D eigenvalue weighted by Crippen LogP contribution is 2.28. The molecule has 1 saturated heterocycles. The number of nitrogens with one attached hydrogen (secondary N) is 1. The summed E-state index contributed by atoms with van der Waals surface area (Å²) in [6.45, 7) is 0.492. The van der Waals surface area contributed by atoms with E-state index in [1.54, 1.807) is 0 Å². The fourth-order valence-corrected chi connectivity index (χ4v) is 6.07. The predicted octanol–water partition coefficient (Wildman–Crippen LogP) is 2.81. The van der Waals surface area contributed by atoms with E-state index in [0.717, 1.165) is 19.3 Å². The van der Waals surface area contributed by atoms with E-state index in [0.29, 0.717) is 25.8 Å². The summed E-state index contributed by atoms with van der Waals surface area (Å²) < 4.78 is 27.2. The molecule has 2 unspecified atom stereocenters. The number of sulfonamides is 1. The number of hydrogen-bond acceptors (Lipinski definition) is 4. The Morgan fingerprint density at radius 3 is 2.48 bits per heavy atom. The Bertz CT molecular complexity index is 782. The maximum Gasteiger partial charge on any atom is 0.243 e. The van der Waals surface area contributed by atoms with Gasteiger partial charge >= 0.3 is 0 Å². The molecule has 1 aromatic carbocycles. The lowest BCUT2D eigenvalue weighted by molar-refractivity contribution is -0.127. The molecular weight excluding hydrogens is 411 g/mol. The fraction of sp³-hybridized carbons (Fsp3) is 0.611. The number of aliphatic hydroxyl groups is 1. The van der Waals surface area contributed by atoms with Crippen molar-refractivity contribution in [3.8, 4) is 0 Å². The molecule has 27 heavy (non-hydrogen) atoms. The number of nitrogens with zero attached hydrogens (tertiary/aromatic N) is 1. The van der Waals surface area contributed by atoms with Crippen LogP contribution >= 0.6 is 23.2 Å². The molecule has 3 atom stereocenters. The summed E-state index contributed by atoms with van der Waals surface area (Å²) in [6.07, 6.45) is 3.93. The van der Waals surface area contributed by atoms with Crippen molar-refractivity contribution in [2.24, 2.45) is 5.92 Å². The molecule has 2 N–H and O–H groups in total. The Labute approximate surface area is 169 Å². The van der Waals surface area contributed by atoms with Crippen molar-refractivity contribution in [2.75, 3.05) is 13.1 Å². The second kappa shape index (κ2) is 8.66. The van der Waals surface area contributed by atoms with Crippen LogP contribution in [0.1, 0.15) is 38.5 Å². The molecule has 1 amide bonds. The minimum absolute atomic E-state index is 0.0384. The number of rotatable bonds is 4. The van der Waals surface area contributed by atoms with Gasteiger partial charge in [-0.05, 0) is 56.7 Å². The average Bonchev–Trinajstić information content (AvgIpc) is 2.61. The third-order valence-electron chi connectivity index (χ3n) is 5.22. The molecule has 1 aliphatic carbocycles. The number of benzene rings is 1. The van der Waals surface area contributed by atoms with Gasteiger partial charge in [-0.1, -0.05) is 23.2 Å². The molecule has 3 rings (SSSR count). The van der Waals surface area contributed by atoms with Gasteiger partial charge in [-0.25, -0.2) is 8.42 Å². The molecule has 2 fully saturated rings. The maximum absolute atomic E-state index is 12.9. The van der Waals surface area contributed by atoms with Crippen LogP contribution in [0.4, 0.5) is 0 Å². The molecule has 0 bridgehead atoms. The number of halogens is 2. The molecule has 1 aliphatic heterocycles. The van der Waals surface area contributed by atoms with Crippen molar-refractivity contribution < 1.29 is 18.3 Å². The highest BCUT2D eigenvalue weighted by Gasteiger charge is 2.34. The van der Waals surface area contributed by atoms with Gasteiger partial charge in [-0.15, -0.1) is 0 Å². The minimum atomic E-state index is -3.77. The summed E-state index contributed by atoms with van der Waals surface area (Å²) in [6, 6.07) is 4.18. The lowest BCUT2D eigenvalue weighted by atomic mass is 9.91. The highest BCUT2D eigenvalue weighted by atomic mass is 35.5. The quantitative estimate of drug-likeness (QED) is 0.762. The van der Waals surface area contributed by atoms with Gasteiger partial charge in [0, 0.05) is 29.2 Å². The van der Waals surface area contributed by atoms with Crippen LogP contribution in [0.25, 0.3) is 0 Å². The first kappa shape index (κ1) is 20.9. The number of amides is 1. The first-order valence-corrected chi connectivity index (χ1v) is 11.4. The number of hydrogen-bond donors (Lipinski definition) is 2. The van der Waals surface area contributed by atoms with E-state index < -0.39 is 15.9 Å². The smallest absolute Gasteiger partial charge is 0.243 e. The molecule has 0 spiro atoms. The summed E-state index contributed by atoms with van der Waals surface area (Å²) in [7, 11) is -3.77. The Morgan fingerprint density at radius 1 is 1.11 bits per heavy atom. The minimum Gasteiger partial charge on any atom is -0.393 e. The standard InChI is InChI=1S/C18H24Cl2N2O4S/c19-13-7-14(20)9-17(8-13)27(25,26)22-6-2-3-12(11-22)18(24)21-15-4-1-5-16(23)10-15/h7-9,12,15-16,23H,1-6,10-11H2,(H,21,24)/t12-,15?,16?/m0/s1. The van der Waals surface area contributed by atoms with Gasteiger partial charge in [-0.2, -0.15) is 4.31 Å². The molecular formula is C18H24Cl2N2O4S. The van der Waals surface area contributed by atoms with Crippen LogP contribution in [0.5, 0.6) is 0 Å². The Kier molecular flexibility index (Phi) is 6.69. The van der Waals surface area contributed by atoms with E-state index in [-0.39, 0.29) is 39.5 Å². The monoisotopic (exact) mass is 434 g/mol. The largest absolute Gasteiger partial charge is 0.393 e. The summed E-state index contributed by atoms with van der Waals surface area (Å²) in [4.78, 5) is 12.7. The van der Waals surface area contributed by atoms with Crippen LogP contribution in [0.15, 0.2) is 23.1 Å². The summed E-state index contributed by atoms with van der Waals surface area (Å²) >= 11 is 11.9. The van der Waals surface area contributed by atoms with Crippen molar-refractivity contribution in [3.63, 3.8) is 0 Å². The van der Waals surface area contributed by atoms with Gasteiger partial charge in [0.2, 0.25) is 15.9 Å². The Hall–Kier alpha value is -0.860.